The van der Waals surface area contributed by atoms with Crippen molar-refractivity contribution in [2.75, 3.05) is 34.5 Å². The van der Waals surface area contributed by atoms with Crippen LogP contribution in [0.4, 0.5) is 29.2 Å². The van der Waals surface area contributed by atoms with Crippen molar-refractivity contribution in [1.29, 1.82) is 0 Å². The minimum atomic E-state index is -0.249. The number of halogens is 1. The van der Waals surface area contributed by atoms with Gasteiger partial charge in [-0.15, -0.1) is 16.7 Å². The number of alkyl halides is 1. The number of hydrogen-bond acceptors (Lipinski definition) is 8. The summed E-state index contributed by atoms with van der Waals surface area (Å²) in [4.78, 5) is 27.3. The van der Waals surface area contributed by atoms with E-state index in [-0.39, 0.29) is 23.8 Å². The van der Waals surface area contributed by atoms with Crippen molar-refractivity contribution < 1.29 is 4.79 Å². The second kappa shape index (κ2) is 11.5. The predicted octanol–water partition coefficient (Wildman–Crippen LogP) is 5.63. The number of amides is 1. The first-order valence-corrected chi connectivity index (χ1v) is 11.8. The Labute approximate surface area is 203 Å². The number of carbonyl (C=O) groups excluding carboxylic acids is 1. The molecular formula is C24H27ClN8O. The molecule has 2 N–H and O–H groups in total. The quantitative estimate of drug-likeness (QED) is 0.321. The Kier molecular flexibility index (Phi) is 7.98. The van der Waals surface area contributed by atoms with Crippen molar-refractivity contribution in [3.8, 4) is 0 Å². The van der Waals surface area contributed by atoms with Gasteiger partial charge in [0.15, 0.2) is 0 Å². The molecular weight excluding hydrogens is 452 g/mol. The van der Waals surface area contributed by atoms with Gasteiger partial charge in [0.25, 0.3) is 5.95 Å². The van der Waals surface area contributed by atoms with Crippen LogP contribution < -0.4 is 15.5 Å². The van der Waals surface area contributed by atoms with Crippen molar-refractivity contribution in [2.45, 2.75) is 32.2 Å². The van der Waals surface area contributed by atoms with Gasteiger partial charge in [-0.25, -0.2) is 0 Å². The molecule has 2 heterocycles. The Morgan fingerprint density at radius 2 is 1.74 bits per heavy atom. The lowest BCUT2D eigenvalue weighted by molar-refractivity contribution is -0.113. The first kappa shape index (κ1) is 23.6. The molecule has 0 spiro atoms. The summed E-state index contributed by atoms with van der Waals surface area (Å²) in [5, 5.41) is 14.7. The molecule has 1 atom stereocenters. The zero-order chi connectivity index (χ0) is 23.8. The van der Waals surface area contributed by atoms with Gasteiger partial charge in [0.1, 0.15) is 5.88 Å². The summed E-state index contributed by atoms with van der Waals surface area (Å²) >= 11 is 5.54. The Balaban J connectivity index is 1.53. The highest BCUT2D eigenvalue weighted by Crippen LogP contribution is 2.24. The van der Waals surface area contributed by atoms with E-state index in [0.717, 1.165) is 37.2 Å². The number of rotatable bonds is 8. The van der Waals surface area contributed by atoms with Gasteiger partial charge < -0.3 is 15.5 Å². The smallest absolute Gasteiger partial charge is 0.275 e. The molecule has 176 valence electrons. The van der Waals surface area contributed by atoms with Crippen LogP contribution in [0.1, 0.15) is 37.8 Å². The number of hydrogen-bond donors (Lipinski definition) is 2. The Hall–Kier alpha value is -3.59. The molecule has 3 aromatic rings. The van der Waals surface area contributed by atoms with E-state index in [1.807, 2.05) is 61.5 Å². The fourth-order valence-electron chi connectivity index (χ4n) is 3.58. The number of carbonyl (C=O) groups is 1. The topological polar surface area (TPSA) is 108 Å². The minimum absolute atomic E-state index is 0.0845. The number of piperidine rings is 1. The standard InChI is InChI=1S/C24H27ClN8O/c1-17(18-10-12-20(13-11-18)26-21(34)16-25)31-32-23-28-22(27-19-8-4-2-5-9-19)29-24(30-23)33-14-6-3-7-15-33/h2,4-5,8-13,17H,3,6-7,14-16H2,1H3,(H,26,34)(H,27,28,29,30). The van der Waals surface area contributed by atoms with Gasteiger partial charge in [-0.2, -0.15) is 20.1 Å². The molecule has 1 fully saturated rings. The molecule has 1 unspecified atom stereocenters. The van der Waals surface area contributed by atoms with Crippen LogP contribution in [0, 0.1) is 0 Å². The minimum Gasteiger partial charge on any atom is -0.341 e. The first-order valence-electron chi connectivity index (χ1n) is 11.3. The van der Waals surface area contributed by atoms with Gasteiger partial charge in [0.05, 0.1) is 6.04 Å². The van der Waals surface area contributed by atoms with E-state index in [4.69, 9.17) is 11.6 Å². The van der Waals surface area contributed by atoms with Crippen molar-refractivity contribution in [3.63, 3.8) is 0 Å². The van der Waals surface area contributed by atoms with E-state index in [1.165, 1.54) is 6.42 Å². The second-order valence-corrected chi connectivity index (χ2v) is 8.26. The zero-order valence-electron chi connectivity index (χ0n) is 19.0. The summed E-state index contributed by atoms with van der Waals surface area (Å²) in [6.45, 7) is 3.76. The molecule has 0 radical (unpaired) electrons. The van der Waals surface area contributed by atoms with E-state index in [0.29, 0.717) is 17.6 Å². The molecule has 2 aromatic carbocycles. The van der Waals surface area contributed by atoms with Crippen LogP contribution >= 0.6 is 11.6 Å². The highest BCUT2D eigenvalue weighted by atomic mass is 35.5. The van der Waals surface area contributed by atoms with Gasteiger partial charge in [-0.3, -0.25) is 4.79 Å². The Morgan fingerprint density at radius 1 is 1.00 bits per heavy atom. The molecule has 9 nitrogen and oxygen atoms in total. The van der Waals surface area contributed by atoms with Crippen LogP contribution in [0.25, 0.3) is 0 Å². The number of aromatic nitrogens is 3. The molecule has 0 bridgehead atoms. The van der Waals surface area contributed by atoms with Gasteiger partial charge in [-0.1, -0.05) is 30.3 Å². The van der Waals surface area contributed by atoms with E-state index in [2.05, 4.69) is 40.7 Å². The van der Waals surface area contributed by atoms with Gasteiger partial charge >= 0.3 is 0 Å². The van der Waals surface area contributed by atoms with Crippen molar-refractivity contribution in [3.05, 3.63) is 60.2 Å². The van der Waals surface area contributed by atoms with Crippen LogP contribution in [-0.4, -0.2) is 39.8 Å². The van der Waals surface area contributed by atoms with Crippen LogP contribution in [0.15, 0.2) is 64.8 Å². The summed E-state index contributed by atoms with van der Waals surface area (Å²) in [6, 6.07) is 16.9. The van der Waals surface area contributed by atoms with E-state index < -0.39 is 0 Å². The monoisotopic (exact) mass is 478 g/mol. The van der Waals surface area contributed by atoms with Gasteiger partial charge in [0.2, 0.25) is 17.8 Å². The molecule has 1 aliphatic heterocycles. The van der Waals surface area contributed by atoms with E-state index >= 15 is 0 Å². The largest absolute Gasteiger partial charge is 0.341 e. The molecule has 0 saturated carbocycles. The molecule has 4 rings (SSSR count). The van der Waals surface area contributed by atoms with Crippen LogP contribution in [0.3, 0.4) is 0 Å². The summed E-state index contributed by atoms with van der Waals surface area (Å²) < 4.78 is 0. The molecule has 10 heteroatoms. The van der Waals surface area contributed by atoms with Crippen LogP contribution in [0.2, 0.25) is 0 Å². The molecule has 1 aromatic heterocycles. The summed E-state index contributed by atoms with van der Waals surface area (Å²) in [7, 11) is 0. The van der Waals surface area contributed by atoms with Crippen molar-refractivity contribution in [1.82, 2.24) is 15.0 Å². The molecule has 1 aliphatic rings. The molecule has 1 saturated heterocycles. The average Bonchev–Trinajstić information content (AvgIpc) is 2.88. The van der Waals surface area contributed by atoms with E-state index in [1.54, 1.807) is 0 Å². The molecule has 34 heavy (non-hydrogen) atoms. The summed E-state index contributed by atoms with van der Waals surface area (Å²) in [5.41, 5.74) is 2.51. The predicted molar refractivity (Wildman–Crippen MR) is 134 cm³/mol. The number of nitrogens with one attached hydrogen (secondary N) is 2. The lowest BCUT2D eigenvalue weighted by atomic mass is 10.1. The number of anilines is 4. The van der Waals surface area contributed by atoms with Crippen molar-refractivity contribution >= 4 is 46.7 Å². The fourth-order valence-corrected chi connectivity index (χ4v) is 3.65. The highest BCUT2D eigenvalue weighted by molar-refractivity contribution is 6.29. The Bertz CT molecular complexity index is 1120. The second-order valence-electron chi connectivity index (χ2n) is 7.99. The molecule has 1 amide bonds. The normalized spacial score (nSPS) is 14.7. The van der Waals surface area contributed by atoms with Crippen molar-refractivity contribution in [2.24, 2.45) is 10.2 Å². The van der Waals surface area contributed by atoms with Gasteiger partial charge in [-0.05, 0) is 56.0 Å². The summed E-state index contributed by atoms with van der Waals surface area (Å²) in [6.07, 6.45) is 3.44. The van der Waals surface area contributed by atoms with Gasteiger partial charge in [0, 0.05) is 24.5 Å². The van der Waals surface area contributed by atoms with Crippen LogP contribution in [-0.2, 0) is 4.79 Å². The first-order chi connectivity index (χ1) is 16.6. The average molecular weight is 479 g/mol. The highest BCUT2D eigenvalue weighted by Gasteiger charge is 2.17. The van der Waals surface area contributed by atoms with E-state index in [9.17, 15) is 4.79 Å². The molecule has 0 aliphatic carbocycles. The summed E-state index contributed by atoms with van der Waals surface area (Å²) in [5.74, 6) is 0.962. The third-order valence-corrected chi connectivity index (χ3v) is 5.64. The zero-order valence-corrected chi connectivity index (χ0v) is 19.7. The maximum absolute atomic E-state index is 11.4. The fraction of sp³-hybridized carbons (Fsp3) is 0.333. The van der Waals surface area contributed by atoms with Crippen LogP contribution in [0.5, 0.6) is 0 Å². The lowest BCUT2D eigenvalue weighted by Gasteiger charge is -2.26. The Morgan fingerprint density at radius 3 is 2.44 bits per heavy atom. The number of nitrogens with zero attached hydrogens (tertiary/aromatic N) is 6. The number of benzene rings is 2. The number of azo groups is 1. The SMILES string of the molecule is CC(N=Nc1nc(Nc2ccccc2)nc(N2CCCCC2)n1)c1ccc(NC(=O)CCl)cc1. The number of para-hydroxylation sites is 1. The lowest BCUT2D eigenvalue weighted by Crippen LogP contribution is -2.31. The third-order valence-electron chi connectivity index (χ3n) is 5.40. The maximum atomic E-state index is 11.4. The maximum Gasteiger partial charge on any atom is 0.275 e. The third kappa shape index (κ3) is 6.48.